The Kier molecular flexibility index (Phi) is 5.66. The molecule has 4 nitrogen and oxygen atoms in total. The number of para-hydroxylation sites is 1. The third-order valence-corrected chi connectivity index (χ3v) is 3.73. The number of aromatic nitrogens is 3. The molecule has 26 heavy (non-hydrogen) atoms. The van der Waals surface area contributed by atoms with Gasteiger partial charge in [-0.3, -0.25) is 9.67 Å². The molecule has 0 spiro atoms. The Morgan fingerprint density at radius 1 is 0.923 bits per heavy atom. The van der Waals surface area contributed by atoms with Crippen LogP contribution in [0, 0.1) is 6.07 Å². The van der Waals surface area contributed by atoms with Crippen molar-refractivity contribution in [1.29, 1.82) is 0 Å². The monoisotopic (exact) mass is 515 g/mol. The quantitative estimate of drug-likeness (QED) is 0.254. The molecule has 3 aromatic heterocycles. The summed E-state index contributed by atoms with van der Waals surface area (Å²) in [4.78, 5) is 4.26. The van der Waals surface area contributed by atoms with E-state index in [1.807, 2.05) is 66.9 Å². The Morgan fingerprint density at radius 3 is 2.58 bits per heavy atom. The van der Waals surface area contributed by atoms with Crippen molar-refractivity contribution in [2.75, 3.05) is 0 Å². The maximum Gasteiger partial charge on any atom is 0.153 e. The van der Waals surface area contributed by atoms with E-state index >= 15 is 0 Å². The average Bonchev–Trinajstić information content (AvgIpc) is 3.31. The molecule has 5 rings (SSSR count). The molecule has 127 valence electrons. The second kappa shape index (κ2) is 8.13. The molecule has 0 saturated carbocycles. The molecule has 3 radical (unpaired) electrons. The molecule has 3 heterocycles. The van der Waals surface area contributed by atoms with Gasteiger partial charge in [-0.25, -0.2) is 0 Å². The Bertz CT molecular complexity index is 1110. The summed E-state index contributed by atoms with van der Waals surface area (Å²) in [6.07, 6.45) is 5.39. The van der Waals surface area contributed by atoms with Crippen LogP contribution in [0.15, 0.2) is 83.7 Å². The minimum absolute atomic E-state index is 0. The summed E-state index contributed by atoms with van der Waals surface area (Å²) in [5, 5.41) is 4.98. The van der Waals surface area contributed by atoms with Gasteiger partial charge in [0.05, 0.1) is 0 Å². The molecule has 0 amide bonds. The third kappa shape index (κ3) is 3.62. The summed E-state index contributed by atoms with van der Waals surface area (Å²) in [6, 6.07) is 22.1. The zero-order valence-corrected chi connectivity index (χ0v) is 16.1. The number of hydrogen-bond donors (Lipinski definition) is 0. The van der Waals surface area contributed by atoms with Crippen LogP contribution in [0.25, 0.3) is 27.8 Å². The number of pyridine rings is 1. The third-order valence-electron chi connectivity index (χ3n) is 3.73. The van der Waals surface area contributed by atoms with Crippen LogP contribution >= 0.6 is 0 Å². The van der Waals surface area contributed by atoms with Crippen LogP contribution in [0.3, 0.4) is 0 Å². The van der Waals surface area contributed by atoms with E-state index < -0.39 is 0 Å². The molecule has 0 fully saturated rings. The van der Waals surface area contributed by atoms with Crippen LogP contribution < -0.4 is 5.46 Å². The van der Waals surface area contributed by atoms with Gasteiger partial charge in [0.15, 0.2) is 5.58 Å². The van der Waals surface area contributed by atoms with Gasteiger partial charge in [-0.1, -0.05) is 17.6 Å². The summed E-state index contributed by atoms with van der Waals surface area (Å²) in [5.74, 6) is 0. The summed E-state index contributed by atoms with van der Waals surface area (Å²) >= 11 is 0. The first-order valence-electron chi connectivity index (χ1n) is 7.81. The number of benzene rings is 2. The summed E-state index contributed by atoms with van der Waals surface area (Å²) in [7, 11) is 5.87. The predicted octanol–water partition coefficient (Wildman–Crippen LogP) is 3.44. The van der Waals surface area contributed by atoms with E-state index in [1.54, 1.807) is 17.1 Å². The molecule has 5 aromatic rings. The fourth-order valence-electron chi connectivity index (χ4n) is 2.60. The van der Waals surface area contributed by atoms with Crippen molar-refractivity contribution in [3.05, 3.63) is 85.3 Å². The fourth-order valence-corrected chi connectivity index (χ4v) is 2.60. The Balaban J connectivity index is 0.000000149. The van der Waals surface area contributed by atoms with Gasteiger partial charge in [-0.05, 0) is 30.0 Å². The van der Waals surface area contributed by atoms with Gasteiger partial charge in [-0.15, -0.1) is 6.07 Å². The maximum atomic E-state index is 5.87. The van der Waals surface area contributed by atoms with E-state index in [9.17, 15) is 0 Å². The smallest absolute Gasteiger partial charge is 0.153 e. The SMILES string of the molecule is [B]c1cccc2oc3cccnc3c12.[Ir].[c-]1ccccc1-n1cccn1. The average molecular weight is 514 g/mol. The van der Waals surface area contributed by atoms with E-state index in [0.717, 1.165) is 27.8 Å². The summed E-state index contributed by atoms with van der Waals surface area (Å²) < 4.78 is 7.37. The molecular weight excluding hydrogens is 501 g/mol. The van der Waals surface area contributed by atoms with E-state index in [2.05, 4.69) is 16.1 Å². The van der Waals surface area contributed by atoms with Crippen LogP contribution in [-0.4, -0.2) is 22.6 Å². The minimum Gasteiger partial charge on any atom is -0.454 e. The molecule has 0 aliphatic carbocycles. The first-order chi connectivity index (χ1) is 12.3. The van der Waals surface area contributed by atoms with Crippen molar-refractivity contribution in [3.8, 4) is 5.69 Å². The molecule has 0 unspecified atom stereocenters. The fraction of sp³-hybridized carbons (Fsp3) is 0. The molecular formula is C20H13BIrN3O-. The topological polar surface area (TPSA) is 43.9 Å². The standard InChI is InChI=1S/C11H6BNO.C9H7N2.Ir/c12-7-3-1-4-8-10(7)11-9(14-8)5-2-6-13-11;1-2-5-9(6-3-1)11-8-4-7-10-11;/h1-6H;1-5,7-8H;/q;-1;. The van der Waals surface area contributed by atoms with Crippen LogP contribution in [0.2, 0.25) is 0 Å². The molecule has 0 aliphatic heterocycles. The molecule has 0 bridgehead atoms. The molecule has 0 aliphatic rings. The number of rotatable bonds is 1. The second-order valence-electron chi connectivity index (χ2n) is 5.37. The van der Waals surface area contributed by atoms with Gasteiger partial charge < -0.3 is 4.42 Å². The van der Waals surface area contributed by atoms with Gasteiger partial charge in [0.25, 0.3) is 0 Å². The van der Waals surface area contributed by atoms with Crippen LogP contribution in [0.5, 0.6) is 0 Å². The Morgan fingerprint density at radius 2 is 1.81 bits per heavy atom. The zero-order valence-electron chi connectivity index (χ0n) is 13.7. The minimum atomic E-state index is 0. The van der Waals surface area contributed by atoms with E-state index in [-0.39, 0.29) is 20.1 Å². The second-order valence-corrected chi connectivity index (χ2v) is 5.37. The first kappa shape index (κ1) is 18.1. The number of fused-ring (bicyclic) bond motifs is 3. The number of furan rings is 1. The van der Waals surface area contributed by atoms with Crippen molar-refractivity contribution < 1.29 is 24.5 Å². The van der Waals surface area contributed by atoms with Crippen LogP contribution in [-0.2, 0) is 20.1 Å². The molecule has 2 aromatic carbocycles. The zero-order chi connectivity index (χ0) is 17.1. The van der Waals surface area contributed by atoms with Gasteiger partial charge in [-0.2, -0.15) is 29.4 Å². The Hall–Kier alpha value is -2.69. The number of hydrogen-bond acceptors (Lipinski definition) is 3. The number of nitrogens with zero attached hydrogens (tertiary/aromatic N) is 3. The first-order valence-corrected chi connectivity index (χ1v) is 7.81. The van der Waals surface area contributed by atoms with Gasteiger partial charge in [0, 0.05) is 44.1 Å². The maximum absolute atomic E-state index is 5.87. The van der Waals surface area contributed by atoms with Gasteiger partial charge >= 0.3 is 0 Å². The van der Waals surface area contributed by atoms with Crippen molar-refractivity contribution in [1.82, 2.24) is 14.8 Å². The normalized spacial score (nSPS) is 10.2. The largest absolute Gasteiger partial charge is 0.454 e. The van der Waals surface area contributed by atoms with Crippen molar-refractivity contribution in [2.45, 2.75) is 0 Å². The Labute approximate surface area is 165 Å². The molecule has 6 heteroatoms. The van der Waals surface area contributed by atoms with Crippen LogP contribution in [0.1, 0.15) is 0 Å². The van der Waals surface area contributed by atoms with Crippen LogP contribution in [0.4, 0.5) is 0 Å². The van der Waals surface area contributed by atoms with E-state index in [1.165, 1.54) is 0 Å². The van der Waals surface area contributed by atoms with Crippen molar-refractivity contribution in [2.24, 2.45) is 0 Å². The van der Waals surface area contributed by atoms with Gasteiger partial charge in [0.1, 0.15) is 18.9 Å². The molecule has 0 atom stereocenters. The molecule has 0 N–H and O–H groups in total. The van der Waals surface area contributed by atoms with Crippen molar-refractivity contribution in [3.63, 3.8) is 0 Å². The molecule has 0 saturated heterocycles. The summed E-state index contributed by atoms with van der Waals surface area (Å²) in [5.41, 5.74) is 4.08. The van der Waals surface area contributed by atoms with E-state index in [0.29, 0.717) is 5.46 Å². The predicted molar refractivity (Wildman–Crippen MR) is 99.3 cm³/mol. The van der Waals surface area contributed by atoms with Crippen molar-refractivity contribution >= 4 is 35.4 Å². The van der Waals surface area contributed by atoms with E-state index in [4.69, 9.17) is 12.3 Å². The summed E-state index contributed by atoms with van der Waals surface area (Å²) in [6.45, 7) is 0. The van der Waals surface area contributed by atoms with Gasteiger partial charge in [0.2, 0.25) is 0 Å².